The quantitative estimate of drug-likeness (QED) is 0.789. The molecule has 8 heteroatoms. The zero-order valence-electron chi connectivity index (χ0n) is 12.8. The molecule has 0 atom stereocenters. The topological polar surface area (TPSA) is 67.6 Å². The van der Waals surface area contributed by atoms with Crippen molar-refractivity contribution in [3.8, 4) is 11.4 Å². The van der Waals surface area contributed by atoms with Crippen LogP contribution in [0.4, 0.5) is 13.2 Å². The van der Waals surface area contributed by atoms with E-state index in [2.05, 4.69) is 20.1 Å². The molecule has 1 N–H and O–H groups in total. The van der Waals surface area contributed by atoms with Crippen molar-refractivity contribution in [1.29, 1.82) is 0 Å². The van der Waals surface area contributed by atoms with Gasteiger partial charge in [-0.1, -0.05) is 19.0 Å². The Morgan fingerprint density at radius 2 is 1.96 bits per heavy atom. The van der Waals surface area contributed by atoms with E-state index in [4.69, 9.17) is 4.52 Å². The minimum Gasteiger partial charge on any atom is -0.345 e. The normalized spacial score (nSPS) is 13.0. The fourth-order valence-electron chi connectivity index (χ4n) is 2.28. The second-order valence-corrected chi connectivity index (χ2v) is 6.16. The van der Waals surface area contributed by atoms with E-state index in [1.54, 1.807) is 12.4 Å². The van der Waals surface area contributed by atoms with Crippen LogP contribution in [0.25, 0.3) is 22.4 Å². The summed E-state index contributed by atoms with van der Waals surface area (Å²) in [4.78, 5) is 11.3. The van der Waals surface area contributed by atoms with E-state index in [1.165, 1.54) is 0 Å². The van der Waals surface area contributed by atoms with Crippen LogP contribution < -0.4 is 0 Å². The molecule has 0 spiro atoms. The van der Waals surface area contributed by atoms with Crippen LogP contribution in [0.3, 0.4) is 0 Å². The second kappa shape index (κ2) is 5.07. The first-order valence-corrected chi connectivity index (χ1v) is 7.01. The summed E-state index contributed by atoms with van der Waals surface area (Å²) in [5.41, 5.74) is 1.29. The summed E-state index contributed by atoms with van der Waals surface area (Å²) in [6, 6.07) is 3.62. The summed E-state index contributed by atoms with van der Waals surface area (Å²) in [5, 5.41) is 3.80. The summed E-state index contributed by atoms with van der Waals surface area (Å²) < 4.78 is 43.8. The lowest BCUT2D eigenvalue weighted by atomic mass is 9.88. The number of imidazole rings is 1. The number of benzene rings is 1. The van der Waals surface area contributed by atoms with Crippen molar-refractivity contribution in [3.05, 3.63) is 29.9 Å². The third-order valence-electron chi connectivity index (χ3n) is 3.80. The number of hydrogen-bond acceptors (Lipinski definition) is 4. The first-order valence-electron chi connectivity index (χ1n) is 7.01. The number of rotatable bonds is 3. The number of nitrogens with zero attached hydrogens (tertiary/aromatic N) is 3. The maximum atomic E-state index is 12.9. The molecule has 3 aromatic rings. The molecule has 0 aliphatic rings. The molecular formula is C15H15F3N4O. The van der Waals surface area contributed by atoms with Crippen LogP contribution in [-0.4, -0.2) is 26.3 Å². The summed E-state index contributed by atoms with van der Waals surface area (Å²) in [6.45, 7) is 4.11. The van der Waals surface area contributed by atoms with Crippen LogP contribution in [-0.2, 0) is 6.42 Å². The molecular weight excluding hydrogens is 309 g/mol. The Morgan fingerprint density at radius 1 is 1.22 bits per heavy atom. The van der Waals surface area contributed by atoms with Crippen molar-refractivity contribution in [1.82, 2.24) is 20.1 Å². The lowest BCUT2D eigenvalue weighted by Crippen LogP contribution is -2.34. The van der Waals surface area contributed by atoms with Gasteiger partial charge in [-0.15, -0.1) is 0 Å². The zero-order valence-corrected chi connectivity index (χ0v) is 12.8. The van der Waals surface area contributed by atoms with Crippen LogP contribution in [0.5, 0.6) is 0 Å². The van der Waals surface area contributed by atoms with Gasteiger partial charge in [0, 0.05) is 12.0 Å². The molecule has 2 heterocycles. The lowest BCUT2D eigenvalue weighted by molar-refractivity contribution is -0.212. The van der Waals surface area contributed by atoms with E-state index in [1.807, 2.05) is 13.0 Å². The standard InChI is InChI=1S/C15H15F3N4O/c1-8-4-9(5-10-12(8)20-7-19-10)13-21-11(23-22-13)6-14(2,3)15(16,17)18/h4-5,7H,6H2,1-3H3,(H,19,20). The van der Waals surface area contributed by atoms with Gasteiger partial charge in [-0.25, -0.2) is 4.98 Å². The van der Waals surface area contributed by atoms with Crippen molar-refractivity contribution < 1.29 is 17.7 Å². The number of aryl methyl sites for hydroxylation is 1. The van der Waals surface area contributed by atoms with Gasteiger partial charge < -0.3 is 9.51 Å². The summed E-state index contributed by atoms with van der Waals surface area (Å²) in [5.74, 6) is 0.224. The van der Waals surface area contributed by atoms with Crippen LogP contribution >= 0.6 is 0 Å². The summed E-state index contributed by atoms with van der Waals surface area (Å²) >= 11 is 0. The molecule has 0 aliphatic carbocycles. The number of H-pyrrole nitrogens is 1. The van der Waals surface area contributed by atoms with Gasteiger partial charge in [-0.05, 0) is 24.6 Å². The van der Waals surface area contributed by atoms with Crippen molar-refractivity contribution in [2.24, 2.45) is 5.41 Å². The van der Waals surface area contributed by atoms with E-state index in [0.717, 1.165) is 30.4 Å². The number of hydrogen-bond donors (Lipinski definition) is 1. The molecule has 0 bridgehead atoms. The SMILES string of the molecule is Cc1cc(-c2noc(CC(C)(C)C(F)(F)F)n2)cc2[nH]cnc12. The van der Waals surface area contributed by atoms with Gasteiger partial charge >= 0.3 is 6.18 Å². The van der Waals surface area contributed by atoms with E-state index >= 15 is 0 Å². The molecule has 2 aromatic heterocycles. The first-order chi connectivity index (χ1) is 10.7. The fourth-order valence-corrected chi connectivity index (χ4v) is 2.28. The molecule has 0 fully saturated rings. The monoisotopic (exact) mass is 324 g/mol. The highest BCUT2D eigenvalue weighted by Crippen LogP contribution is 2.40. The molecule has 0 amide bonds. The van der Waals surface area contributed by atoms with Gasteiger partial charge in [0.05, 0.1) is 22.8 Å². The molecule has 23 heavy (non-hydrogen) atoms. The van der Waals surface area contributed by atoms with Gasteiger partial charge in [0.15, 0.2) is 0 Å². The van der Waals surface area contributed by atoms with E-state index in [0.29, 0.717) is 5.56 Å². The molecule has 3 rings (SSSR count). The van der Waals surface area contributed by atoms with Crippen molar-refractivity contribution in [2.45, 2.75) is 33.4 Å². The van der Waals surface area contributed by atoms with Crippen LogP contribution in [0.1, 0.15) is 25.3 Å². The Labute approximate surface area is 129 Å². The van der Waals surface area contributed by atoms with Gasteiger partial charge in [-0.3, -0.25) is 0 Å². The smallest absolute Gasteiger partial charge is 0.345 e. The van der Waals surface area contributed by atoms with Crippen LogP contribution in [0.15, 0.2) is 23.0 Å². The molecule has 0 unspecified atom stereocenters. The molecule has 0 saturated heterocycles. The Morgan fingerprint density at radius 3 is 2.65 bits per heavy atom. The number of nitrogens with one attached hydrogen (secondary N) is 1. The highest BCUT2D eigenvalue weighted by atomic mass is 19.4. The molecule has 1 aromatic carbocycles. The van der Waals surface area contributed by atoms with Gasteiger partial charge in [0.1, 0.15) is 0 Å². The van der Waals surface area contributed by atoms with E-state index in [-0.39, 0.29) is 18.1 Å². The Hall–Kier alpha value is -2.38. The van der Waals surface area contributed by atoms with Gasteiger partial charge in [-0.2, -0.15) is 18.2 Å². The highest BCUT2D eigenvalue weighted by molar-refractivity contribution is 5.83. The lowest BCUT2D eigenvalue weighted by Gasteiger charge is -2.25. The second-order valence-electron chi connectivity index (χ2n) is 6.16. The first kappa shape index (κ1) is 15.5. The van der Waals surface area contributed by atoms with Crippen molar-refractivity contribution in [3.63, 3.8) is 0 Å². The molecule has 0 radical (unpaired) electrons. The Balaban J connectivity index is 1.92. The van der Waals surface area contributed by atoms with Crippen LogP contribution in [0, 0.1) is 12.3 Å². The largest absolute Gasteiger partial charge is 0.394 e. The van der Waals surface area contributed by atoms with Crippen LogP contribution in [0.2, 0.25) is 0 Å². The van der Waals surface area contributed by atoms with Gasteiger partial charge in [0.2, 0.25) is 11.7 Å². The summed E-state index contributed by atoms with van der Waals surface area (Å²) in [7, 11) is 0. The zero-order chi connectivity index (χ0) is 16.8. The Bertz CT molecular complexity index is 848. The number of alkyl halides is 3. The number of halogens is 3. The average Bonchev–Trinajstić information content (AvgIpc) is 3.05. The summed E-state index contributed by atoms with van der Waals surface area (Å²) in [6.07, 6.45) is -3.13. The highest BCUT2D eigenvalue weighted by Gasteiger charge is 2.48. The number of aromatic nitrogens is 4. The number of fused-ring (bicyclic) bond motifs is 1. The Kier molecular flexibility index (Phi) is 3.42. The fraction of sp³-hybridized carbons (Fsp3) is 0.400. The maximum absolute atomic E-state index is 12.9. The minimum absolute atomic E-state index is 0.0373. The van der Waals surface area contributed by atoms with Crippen molar-refractivity contribution >= 4 is 11.0 Å². The number of aromatic amines is 1. The van der Waals surface area contributed by atoms with Crippen molar-refractivity contribution in [2.75, 3.05) is 0 Å². The van der Waals surface area contributed by atoms with Gasteiger partial charge in [0.25, 0.3) is 0 Å². The van der Waals surface area contributed by atoms with E-state index < -0.39 is 11.6 Å². The molecule has 0 aliphatic heterocycles. The third kappa shape index (κ3) is 2.80. The predicted molar refractivity (Wildman–Crippen MR) is 77.7 cm³/mol. The molecule has 122 valence electrons. The average molecular weight is 324 g/mol. The molecule has 5 nitrogen and oxygen atoms in total. The van der Waals surface area contributed by atoms with E-state index in [9.17, 15) is 13.2 Å². The third-order valence-corrected chi connectivity index (χ3v) is 3.80. The maximum Gasteiger partial charge on any atom is 0.394 e. The molecule has 0 saturated carbocycles. The minimum atomic E-state index is -4.34. The predicted octanol–water partition coefficient (Wildman–Crippen LogP) is 4.05.